The fourth-order valence-electron chi connectivity index (χ4n) is 1.80. The molecular weight excluding hydrogens is 214 g/mol. The Bertz CT molecular complexity index is 401. The summed E-state index contributed by atoms with van der Waals surface area (Å²) in [7, 11) is 1.85. The van der Waals surface area contributed by atoms with Crippen LogP contribution in [0, 0.1) is 5.92 Å². The maximum atomic E-state index is 12.1. The van der Waals surface area contributed by atoms with Crippen LogP contribution in [0.5, 0.6) is 0 Å². The van der Waals surface area contributed by atoms with Gasteiger partial charge in [0.2, 0.25) is 0 Å². The minimum absolute atomic E-state index is 0.0108. The van der Waals surface area contributed by atoms with Gasteiger partial charge in [-0.15, -0.1) is 0 Å². The molecule has 1 amide bonds. The first kappa shape index (κ1) is 11.9. The highest BCUT2D eigenvalue weighted by atomic mass is 16.2. The first-order chi connectivity index (χ1) is 8.20. The van der Waals surface area contributed by atoms with Crippen LogP contribution < -0.4 is 5.32 Å². The van der Waals surface area contributed by atoms with Gasteiger partial charge >= 0.3 is 0 Å². The van der Waals surface area contributed by atoms with Gasteiger partial charge in [-0.3, -0.25) is 4.79 Å². The lowest BCUT2D eigenvalue weighted by Crippen LogP contribution is -2.29. The van der Waals surface area contributed by atoms with E-state index < -0.39 is 0 Å². The van der Waals surface area contributed by atoms with Gasteiger partial charge in [0.1, 0.15) is 11.5 Å². The Balaban J connectivity index is 2.03. The number of nitrogens with zero attached hydrogens (tertiary/aromatic N) is 2. The zero-order valence-electron chi connectivity index (χ0n) is 10.4. The number of amides is 1. The molecule has 1 N–H and O–H groups in total. The Morgan fingerprint density at radius 2 is 2.29 bits per heavy atom. The van der Waals surface area contributed by atoms with Crippen molar-refractivity contribution in [2.45, 2.75) is 19.8 Å². The van der Waals surface area contributed by atoms with Gasteiger partial charge in [-0.2, -0.15) is 0 Å². The third-order valence-corrected chi connectivity index (χ3v) is 2.90. The lowest BCUT2D eigenvalue weighted by Gasteiger charge is -2.16. The van der Waals surface area contributed by atoms with Crippen molar-refractivity contribution in [3.63, 3.8) is 0 Å². The molecule has 0 radical (unpaired) electrons. The fourth-order valence-corrected chi connectivity index (χ4v) is 1.80. The number of rotatable bonds is 5. The van der Waals surface area contributed by atoms with E-state index in [1.165, 1.54) is 12.8 Å². The summed E-state index contributed by atoms with van der Waals surface area (Å²) >= 11 is 0. The highest BCUT2D eigenvalue weighted by Gasteiger charge is 2.25. The number of aromatic nitrogens is 1. The largest absolute Gasteiger partial charge is 0.370 e. The minimum atomic E-state index is 0.0108. The summed E-state index contributed by atoms with van der Waals surface area (Å²) in [6.07, 6.45) is 2.50. The van der Waals surface area contributed by atoms with Crippen molar-refractivity contribution >= 4 is 11.7 Å². The molecular formula is C13H19N3O. The molecule has 1 aliphatic carbocycles. The minimum Gasteiger partial charge on any atom is -0.370 e. The van der Waals surface area contributed by atoms with Gasteiger partial charge in [0.15, 0.2) is 0 Å². The summed E-state index contributed by atoms with van der Waals surface area (Å²) < 4.78 is 0. The average molecular weight is 233 g/mol. The van der Waals surface area contributed by atoms with Crippen molar-refractivity contribution in [3.05, 3.63) is 23.9 Å². The van der Waals surface area contributed by atoms with E-state index in [0.29, 0.717) is 11.6 Å². The van der Waals surface area contributed by atoms with E-state index >= 15 is 0 Å². The number of carbonyl (C=O) groups is 1. The van der Waals surface area contributed by atoms with Crippen LogP contribution in [0.1, 0.15) is 30.3 Å². The van der Waals surface area contributed by atoms with Gasteiger partial charge in [-0.05, 0) is 37.8 Å². The van der Waals surface area contributed by atoms with Crippen molar-refractivity contribution in [1.82, 2.24) is 9.88 Å². The normalized spacial score (nSPS) is 14.5. The molecule has 4 nitrogen and oxygen atoms in total. The molecule has 1 aromatic rings. The van der Waals surface area contributed by atoms with E-state index in [9.17, 15) is 4.79 Å². The summed E-state index contributed by atoms with van der Waals surface area (Å²) in [6, 6.07) is 5.51. The number of nitrogens with one attached hydrogen (secondary N) is 1. The Morgan fingerprint density at radius 1 is 1.53 bits per heavy atom. The number of anilines is 1. The predicted octanol–water partition coefficient (Wildman–Crippen LogP) is 2.00. The molecule has 0 unspecified atom stereocenters. The van der Waals surface area contributed by atoms with Gasteiger partial charge in [-0.25, -0.2) is 4.98 Å². The van der Waals surface area contributed by atoms with Gasteiger partial charge in [0.05, 0.1) is 0 Å². The second-order valence-corrected chi connectivity index (χ2v) is 4.57. The van der Waals surface area contributed by atoms with E-state index in [4.69, 9.17) is 0 Å². The standard InChI is InChI=1S/C13H19N3O/c1-3-14-12-6-4-5-11(15-12)13(17)16(2)9-10-7-8-10/h4-6,10H,3,7-9H2,1-2H3,(H,14,15). The lowest BCUT2D eigenvalue weighted by atomic mass is 10.3. The van der Waals surface area contributed by atoms with Crippen LogP contribution in [0.25, 0.3) is 0 Å². The Labute approximate surface area is 102 Å². The van der Waals surface area contributed by atoms with Crippen LogP contribution >= 0.6 is 0 Å². The number of hydrogen-bond acceptors (Lipinski definition) is 3. The van der Waals surface area contributed by atoms with E-state index in [1.54, 1.807) is 11.0 Å². The van der Waals surface area contributed by atoms with Crippen LogP contribution in [-0.4, -0.2) is 35.9 Å². The Kier molecular flexibility index (Phi) is 3.61. The van der Waals surface area contributed by atoms with Gasteiger partial charge in [-0.1, -0.05) is 6.07 Å². The van der Waals surface area contributed by atoms with E-state index in [1.807, 2.05) is 26.1 Å². The zero-order valence-corrected chi connectivity index (χ0v) is 10.4. The summed E-state index contributed by atoms with van der Waals surface area (Å²) in [5, 5.41) is 3.11. The van der Waals surface area contributed by atoms with Crippen LogP contribution in [-0.2, 0) is 0 Å². The van der Waals surface area contributed by atoms with Crippen LogP contribution in [0.4, 0.5) is 5.82 Å². The maximum Gasteiger partial charge on any atom is 0.272 e. The smallest absolute Gasteiger partial charge is 0.272 e. The molecule has 0 atom stereocenters. The van der Waals surface area contributed by atoms with Gasteiger partial charge in [0.25, 0.3) is 5.91 Å². The van der Waals surface area contributed by atoms with Crippen molar-refractivity contribution in [3.8, 4) is 0 Å². The van der Waals surface area contributed by atoms with Gasteiger partial charge < -0.3 is 10.2 Å². The molecule has 1 heterocycles. The fraction of sp³-hybridized carbons (Fsp3) is 0.538. The molecule has 0 aliphatic heterocycles. The molecule has 17 heavy (non-hydrogen) atoms. The first-order valence-corrected chi connectivity index (χ1v) is 6.17. The molecule has 4 heteroatoms. The van der Waals surface area contributed by atoms with Crippen LogP contribution in [0.15, 0.2) is 18.2 Å². The molecule has 1 aliphatic rings. The lowest BCUT2D eigenvalue weighted by molar-refractivity contribution is 0.0783. The van der Waals surface area contributed by atoms with Crippen LogP contribution in [0.2, 0.25) is 0 Å². The average Bonchev–Trinajstić information content (AvgIpc) is 3.13. The molecule has 1 saturated carbocycles. The highest BCUT2D eigenvalue weighted by molar-refractivity contribution is 5.92. The molecule has 1 aromatic heterocycles. The van der Waals surface area contributed by atoms with Gasteiger partial charge in [0, 0.05) is 20.1 Å². The van der Waals surface area contributed by atoms with E-state index in [2.05, 4.69) is 10.3 Å². The first-order valence-electron chi connectivity index (χ1n) is 6.17. The van der Waals surface area contributed by atoms with Crippen molar-refractivity contribution < 1.29 is 4.79 Å². The number of carbonyl (C=O) groups excluding carboxylic acids is 1. The SMILES string of the molecule is CCNc1cccc(C(=O)N(C)CC2CC2)n1. The molecule has 0 saturated heterocycles. The summed E-state index contributed by atoms with van der Waals surface area (Å²) in [5.74, 6) is 1.48. The Hall–Kier alpha value is -1.58. The summed E-state index contributed by atoms with van der Waals surface area (Å²) in [4.78, 5) is 18.2. The molecule has 0 spiro atoms. The zero-order chi connectivity index (χ0) is 12.3. The molecule has 0 aromatic carbocycles. The van der Waals surface area contributed by atoms with E-state index in [-0.39, 0.29) is 5.91 Å². The number of pyridine rings is 1. The highest BCUT2D eigenvalue weighted by Crippen LogP contribution is 2.29. The van der Waals surface area contributed by atoms with Crippen LogP contribution in [0.3, 0.4) is 0 Å². The van der Waals surface area contributed by atoms with Crippen molar-refractivity contribution in [2.75, 3.05) is 25.5 Å². The Morgan fingerprint density at radius 3 is 2.94 bits per heavy atom. The van der Waals surface area contributed by atoms with Crippen molar-refractivity contribution in [2.24, 2.45) is 5.92 Å². The predicted molar refractivity (Wildman–Crippen MR) is 68.1 cm³/mol. The molecule has 92 valence electrons. The molecule has 1 fully saturated rings. The van der Waals surface area contributed by atoms with Crippen molar-refractivity contribution in [1.29, 1.82) is 0 Å². The summed E-state index contributed by atoms with van der Waals surface area (Å²) in [5.41, 5.74) is 0.520. The quantitative estimate of drug-likeness (QED) is 0.846. The summed E-state index contributed by atoms with van der Waals surface area (Å²) in [6.45, 7) is 3.67. The topological polar surface area (TPSA) is 45.2 Å². The monoisotopic (exact) mass is 233 g/mol. The van der Waals surface area contributed by atoms with E-state index in [0.717, 1.165) is 18.9 Å². The molecule has 0 bridgehead atoms. The third kappa shape index (κ3) is 3.19. The molecule has 2 rings (SSSR count). The third-order valence-electron chi connectivity index (χ3n) is 2.90. The second-order valence-electron chi connectivity index (χ2n) is 4.57. The second kappa shape index (κ2) is 5.17. The maximum absolute atomic E-state index is 12.1. The number of hydrogen-bond donors (Lipinski definition) is 1.